The molecule has 2 aromatic carbocycles. The standard InChI is InChI=1S/C32H39NO3S/c1-21-8-11-24-16-26-30-12-13-32(35-2,25(17-30)20-37(34)19-23-6-4-3-5-7-23)29-31(30,27(24)28(21)36-29)14-15-33(26)18-22-9-10-22/h3-8,11,22,25-26,29H,9-10,12-20H2,1-2H3/t25-,26-,29-,30-,31+,32-,37?/m1/s1. The molecule has 196 valence electrons. The molecule has 0 N–H and O–H groups in total. The number of hydrogen-bond acceptors (Lipinski definition) is 4. The van der Waals surface area contributed by atoms with Gasteiger partial charge in [0.1, 0.15) is 17.5 Å². The molecule has 2 aliphatic heterocycles. The molecule has 4 nitrogen and oxygen atoms in total. The van der Waals surface area contributed by atoms with Gasteiger partial charge in [0.25, 0.3) is 0 Å². The number of aryl methyl sites for hydroxylation is 1. The van der Waals surface area contributed by atoms with E-state index in [1.165, 1.54) is 49.9 Å². The first-order valence-corrected chi connectivity index (χ1v) is 16.0. The zero-order valence-corrected chi connectivity index (χ0v) is 23.0. The molecule has 5 fully saturated rings. The monoisotopic (exact) mass is 517 g/mol. The second kappa shape index (κ2) is 7.92. The molecule has 1 unspecified atom stereocenters. The summed E-state index contributed by atoms with van der Waals surface area (Å²) in [5.41, 5.74) is 5.38. The van der Waals surface area contributed by atoms with Gasteiger partial charge in [0.15, 0.2) is 0 Å². The summed E-state index contributed by atoms with van der Waals surface area (Å²) in [5.74, 6) is 3.65. The Kier molecular flexibility index (Phi) is 4.97. The first kappa shape index (κ1) is 23.2. The highest BCUT2D eigenvalue weighted by Crippen LogP contribution is 2.76. The van der Waals surface area contributed by atoms with Gasteiger partial charge in [0.05, 0.1) is 0 Å². The Morgan fingerprint density at radius 3 is 2.73 bits per heavy atom. The number of piperidine rings is 1. The maximum Gasteiger partial charge on any atom is 0.138 e. The average Bonchev–Trinajstić information content (AvgIpc) is 3.64. The number of ether oxygens (including phenoxy) is 2. The van der Waals surface area contributed by atoms with Gasteiger partial charge in [-0.2, -0.15) is 0 Å². The van der Waals surface area contributed by atoms with E-state index >= 15 is 0 Å². The number of fused-ring (bicyclic) bond motifs is 2. The van der Waals surface area contributed by atoms with E-state index in [9.17, 15) is 4.21 Å². The quantitative estimate of drug-likeness (QED) is 0.508. The molecule has 2 heterocycles. The molecule has 0 amide bonds. The lowest BCUT2D eigenvalue weighted by molar-refractivity contribution is -0.273. The lowest BCUT2D eigenvalue weighted by Gasteiger charge is -2.74. The Hall–Kier alpha value is -1.69. The van der Waals surface area contributed by atoms with E-state index in [4.69, 9.17) is 9.47 Å². The van der Waals surface area contributed by atoms with E-state index < -0.39 is 10.8 Å². The van der Waals surface area contributed by atoms with Crippen molar-refractivity contribution >= 4 is 10.8 Å². The number of benzene rings is 2. The Balaban J connectivity index is 1.23. The highest BCUT2D eigenvalue weighted by molar-refractivity contribution is 7.84. The Morgan fingerprint density at radius 1 is 1.11 bits per heavy atom. The van der Waals surface area contributed by atoms with Crippen LogP contribution < -0.4 is 4.74 Å². The summed E-state index contributed by atoms with van der Waals surface area (Å²) in [6.45, 7) is 4.67. The SMILES string of the molecule is CO[C@]12CC[C@@]3(C[C@@H]1CS(=O)Cc1ccccc1)[C@H]1Cc4ccc(C)c5c4[C@@]3(CCN1CC1CC1)[C@H]2O5. The molecule has 5 heteroatoms. The highest BCUT2D eigenvalue weighted by atomic mass is 32.2. The summed E-state index contributed by atoms with van der Waals surface area (Å²) < 4.78 is 27.4. The van der Waals surface area contributed by atoms with Crippen LogP contribution in [0.1, 0.15) is 60.8 Å². The van der Waals surface area contributed by atoms with Crippen molar-refractivity contribution in [3.63, 3.8) is 0 Å². The van der Waals surface area contributed by atoms with Crippen LogP contribution in [0.3, 0.4) is 0 Å². The van der Waals surface area contributed by atoms with Crippen molar-refractivity contribution in [1.29, 1.82) is 0 Å². The predicted molar refractivity (Wildman–Crippen MR) is 146 cm³/mol. The normalized spacial score (nSPS) is 39.8. The first-order valence-electron chi connectivity index (χ1n) is 14.5. The van der Waals surface area contributed by atoms with Crippen molar-refractivity contribution in [3.8, 4) is 5.75 Å². The molecule has 2 aromatic rings. The van der Waals surface area contributed by atoms with Gasteiger partial charge in [-0.3, -0.25) is 9.11 Å². The molecular formula is C32H39NO3S. The molecule has 9 rings (SSSR count). The van der Waals surface area contributed by atoms with Gasteiger partial charge in [-0.1, -0.05) is 42.5 Å². The van der Waals surface area contributed by atoms with Crippen molar-refractivity contribution in [2.45, 2.75) is 80.8 Å². The van der Waals surface area contributed by atoms with Gasteiger partial charge in [-0.25, -0.2) is 0 Å². The van der Waals surface area contributed by atoms with Crippen molar-refractivity contribution in [3.05, 3.63) is 64.7 Å². The summed E-state index contributed by atoms with van der Waals surface area (Å²) in [7, 11) is 0.977. The molecule has 2 spiro atoms. The molecule has 0 radical (unpaired) electrons. The Morgan fingerprint density at radius 2 is 1.95 bits per heavy atom. The van der Waals surface area contributed by atoms with Crippen LogP contribution in [0.4, 0.5) is 0 Å². The molecule has 1 saturated heterocycles. The molecule has 4 saturated carbocycles. The van der Waals surface area contributed by atoms with Crippen LogP contribution in [-0.4, -0.2) is 52.8 Å². The van der Waals surface area contributed by atoms with E-state index in [1.54, 1.807) is 5.56 Å². The minimum atomic E-state index is -0.931. The fraction of sp³-hybridized carbons (Fsp3) is 0.625. The molecule has 7 atom stereocenters. The number of likely N-dealkylation sites (tertiary alicyclic amines) is 1. The lowest BCUT2D eigenvalue weighted by Crippen LogP contribution is -2.81. The average molecular weight is 518 g/mol. The van der Waals surface area contributed by atoms with Crippen molar-refractivity contribution in [2.75, 3.05) is 26.0 Å². The fourth-order valence-electron chi connectivity index (χ4n) is 9.94. The number of hydrogen-bond donors (Lipinski definition) is 0. The van der Waals surface area contributed by atoms with E-state index in [0.29, 0.717) is 17.5 Å². The third kappa shape index (κ3) is 2.94. The molecular weight excluding hydrogens is 478 g/mol. The van der Waals surface area contributed by atoms with Gasteiger partial charge in [0.2, 0.25) is 0 Å². The van der Waals surface area contributed by atoms with Gasteiger partial charge in [0, 0.05) is 64.3 Å². The zero-order chi connectivity index (χ0) is 25.0. The molecule has 37 heavy (non-hydrogen) atoms. The Labute approximate surface area is 223 Å². The molecule has 4 bridgehead atoms. The summed E-state index contributed by atoms with van der Waals surface area (Å²) in [5, 5.41) is 0. The number of rotatable bonds is 7. The van der Waals surface area contributed by atoms with Crippen LogP contribution in [0, 0.1) is 24.2 Å². The van der Waals surface area contributed by atoms with E-state index in [-0.39, 0.29) is 28.5 Å². The van der Waals surface area contributed by atoms with Crippen molar-refractivity contribution in [1.82, 2.24) is 4.90 Å². The zero-order valence-electron chi connectivity index (χ0n) is 22.2. The number of methoxy groups -OCH3 is 1. The molecule has 7 aliphatic rings. The Bertz CT molecular complexity index is 1280. The van der Waals surface area contributed by atoms with Crippen LogP contribution in [-0.2, 0) is 33.1 Å². The molecule has 5 aliphatic carbocycles. The minimum Gasteiger partial charge on any atom is -0.486 e. The second-order valence-corrected chi connectivity index (χ2v) is 14.6. The number of nitrogens with zero attached hydrogens (tertiary/aromatic N) is 1. The van der Waals surface area contributed by atoms with Gasteiger partial charge in [-0.05, 0) is 81.0 Å². The van der Waals surface area contributed by atoms with Crippen LogP contribution >= 0.6 is 0 Å². The van der Waals surface area contributed by atoms with Crippen LogP contribution in [0.2, 0.25) is 0 Å². The highest BCUT2D eigenvalue weighted by Gasteiger charge is 2.80. The maximum atomic E-state index is 13.7. The largest absolute Gasteiger partial charge is 0.486 e. The van der Waals surface area contributed by atoms with E-state index in [0.717, 1.165) is 36.5 Å². The van der Waals surface area contributed by atoms with Crippen LogP contribution in [0.15, 0.2) is 42.5 Å². The van der Waals surface area contributed by atoms with Crippen LogP contribution in [0.5, 0.6) is 5.75 Å². The third-order valence-corrected chi connectivity index (χ3v) is 13.0. The maximum absolute atomic E-state index is 13.7. The topological polar surface area (TPSA) is 38.8 Å². The summed E-state index contributed by atoms with van der Waals surface area (Å²) in [4.78, 5) is 2.89. The smallest absolute Gasteiger partial charge is 0.138 e. The van der Waals surface area contributed by atoms with Crippen LogP contribution in [0.25, 0.3) is 0 Å². The first-order chi connectivity index (χ1) is 18.0. The van der Waals surface area contributed by atoms with E-state index in [1.807, 2.05) is 13.2 Å². The van der Waals surface area contributed by atoms with Gasteiger partial charge >= 0.3 is 0 Å². The lowest BCUT2D eigenvalue weighted by atomic mass is 9.35. The van der Waals surface area contributed by atoms with Gasteiger partial charge < -0.3 is 9.47 Å². The summed E-state index contributed by atoms with van der Waals surface area (Å²) >= 11 is 0. The summed E-state index contributed by atoms with van der Waals surface area (Å²) in [6.07, 6.45) is 8.52. The van der Waals surface area contributed by atoms with E-state index in [2.05, 4.69) is 48.2 Å². The molecule has 0 aromatic heterocycles. The minimum absolute atomic E-state index is 0.0342. The van der Waals surface area contributed by atoms with Crippen molar-refractivity contribution in [2.24, 2.45) is 17.3 Å². The fourth-order valence-corrected chi connectivity index (χ4v) is 11.5. The van der Waals surface area contributed by atoms with Gasteiger partial charge in [-0.15, -0.1) is 0 Å². The third-order valence-electron chi connectivity index (χ3n) is 11.6. The summed E-state index contributed by atoms with van der Waals surface area (Å²) in [6, 6.07) is 15.6. The predicted octanol–water partition coefficient (Wildman–Crippen LogP) is 5.17. The second-order valence-electron chi connectivity index (χ2n) is 13.1. The van der Waals surface area contributed by atoms with Crippen molar-refractivity contribution < 1.29 is 13.7 Å².